The fraction of sp³-hybridized carbons (Fsp3) is 0.400. The molecule has 76 valence electrons. The summed E-state index contributed by atoms with van der Waals surface area (Å²) in [7, 11) is 1.60. The van der Waals surface area contributed by atoms with E-state index in [1.165, 1.54) is 5.01 Å². The third-order valence-electron chi connectivity index (χ3n) is 1.93. The van der Waals surface area contributed by atoms with Crippen LogP contribution in [0.15, 0.2) is 35.6 Å². The van der Waals surface area contributed by atoms with Gasteiger partial charge in [-0.3, -0.25) is 0 Å². The van der Waals surface area contributed by atoms with Crippen molar-refractivity contribution < 1.29 is 4.74 Å². The lowest BCUT2D eigenvalue weighted by molar-refractivity contribution is 0.181. The summed E-state index contributed by atoms with van der Waals surface area (Å²) in [4.78, 5) is 10.6. The summed E-state index contributed by atoms with van der Waals surface area (Å²) in [5.74, 6) is 0. The van der Waals surface area contributed by atoms with E-state index in [1.54, 1.807) is 7.11 Å². The molecule has 0 saturated heterocycles. The third-order valence-corrected chi connectivity index (χ3v) is 1.93. The number of methoxy groups -OCH3 is 1. The van der Waals surface area contributed by atoms with Gasteiger partial charge in [0.15, 0.2) is 0 Å². The summed E-state index contributed by atoms with van der Waals surface area (Å²) in [6, 6.07) is 9.26. The number of hydrogen-bond donors (Lipinski definition) is 0. The van der Waals surface area contributed by atoms with Gasteiger partial charge in [-0.2, -0.15) is 0 Å². The fourth-order valence-electron chi connectivity index (χ4n) is 1.27. The number of rotatable bonds is 5. The van der Waals surface area contributed by atoms with E-state index in [1.807, 2.05) is 37.3 Å². The van der Waals surface area contributed by atoms with Gasteiger partial charge >= 0.3 is 0 Å². The van der Waals surface area contributed by atoms with Gasteiger partial charge in [0.2, 0.25) is 0 Å². The van der Waals surface area contributed by atoms with Crippen molar-refractivity contribution in [2.24, 2.45) is 5.29 Å². The number of nitroso groups, excluding NO2 is 1. The lowest BCUT2D eigenvalue weighted by Crippen LogP contribution is -2.31. The van der Waals surface area contributed by atoms with Gasteiger partial charge in [0.1, 0.15) is 0 Å². The normalized spacial score (nSPS) is 12.1. The van der Waals surface area contributed by atoms with Crippen molar-refractivity contribution in [2.45, 2.75) is 13.0 Å². The molecule has 0 fully saturated rings. The van der Waals surface area contributed by atoms with E-state index in [2.05, 4.69) is 5.29 Å². The molecular formula is C10H14N2O2. The molecule has 1 aromatic carbocycles. The smallest absolute Gasteiger partial charge is 0.0763 e. The van der Waals surface area contributed by atoms with Crippen molar-refractivity contribution in [3.05, 3.63) is 35.2 Å². The van der Waals surface area contributed by atoms with Crippen molar-refractivity contribution in [3.8, 4) is 0 Å². The molecule has 0 aromatic heterocycles. The average Bonchev–Trinajstić information content (AvgIpc) is 2.21. The Morgan fingerprint density at radius 3 is 2.57 bits per heavy atom. The van der Waals surface area contributed by atoms with Gasteiger partial charge in [0, 0.05) is 7.11 Å². The van der Waals surface area contributed by atoms with Gasteiger partial charge in [0.05, 0.1) is 23.6 Å². The molecule has 0 amide bonds. The number of hydrogen-bond acceptors (Lipinski definition) is 3. The van der Waals surface area contributed by atoms with Crippen molar-refractivity contribution in [1.82, 2.24) is 0 Å². The maximum Gasteiger partial charge on any atom is 0.0763 e. The Morgan fingerprint density at radius 2 is 2.07 bits per heavy atom. The largest absolute Gasteiger partial charge is 0.382 e. The average molecular weight is 194 g/mol. The molecule has 0 bridgehead atoms. The van der Waals surface area contributed by atoms with Gasteiger partial charge in [-0.05, 0) is 19.1 Å². The van der Waals surface area contributed by atoms with Crippen LogP contribution in [-0.2, 0) is 4.74 Å². The number of ether oxygens (including phenoxy) is 1. The molecule has 1 rings (SSSR count). The molecule has 0 radical (unpaired) electrons. The monoisotopic (exact) mass is 194 g/mol. The van der Waals surface area contributed by atoms with Crippen LogP contribution in [0, 0.1) is 4.91 Å². The molecule has 0 aliphatic heterocycles. The second-order valence-corrected chi connectivity index (χ2v) is 3.07. The lowest BCUT2D eigenvalue weighted by Gasteiger charge is -2.21. The maximum absolute atomic E-state index is 10.6. The minimum absolute atomic E-state index is 0.0556. The highest BCUT2D eigenvalue weighted by atomic mass is 16.5. The topological polar surface area (TPSA) is 41.9 Å². The molecule has 14 heavy (non-hydrogen) atoms. The number of nitrogens with zero attached hydrogens (tertiary/aromatic N) is 2. The fourth-order valence-corrected chi connectivity index (χ4v) is 1.27. The highest BCUT2D eigenvalue weighted by molar-refractivity contribution is 5.45. The molecule has 0 heterocycles. The van der Waals surface area contributed by atoms with Gasteiger partial charge in [-0.15, -0.1) is 4.91 Å². The van der Waals surface area contributed by atoms with E-state index in [0.717, 1.165) is 5.69 Å². The molecule has 4 nitrogen and oxygen atoms in total. The second kappa shape index (κ2) is 5.34. The minimum Gasteiger partial charge on any atom is -0.382 e. The van der Waals surface area contributed by atoms with E-state index < -0.39 is 0 Å². The maximum atomic E-state index is 10.6. The molecule has 0 spiro atoms. The Kier molecular flexibility index (Phi) is 4.07. The number of para-hydroxylation sites is 1. The van der Waals surface area contributed by atoms with Gasteiger partial charge in [-0.25, -0.2) is 5.01 Å². The van der Waals surface area contributed by atoms with Crippen molar-refractivity contribution in [2.75, 3.05) is 18.7 Å². The summed E-state index contributed by atoms with van der Waals surface area (Å²) in [5.41, 5.74) is 0.784. The highest BCUT2D eigenvalue weighted by Gasteiger charge is 2.14. The summed E-state index contributed by atoms with van der Waals surface area (Å²) in [6.45, 7) is 2.36. The molecule has 1 aromatic rings. The van der Waals surface area contributed by atoms with Crippen LogP contribution in [0.4, 0.5) is 5.69 Å². The molecule has 1 unspecified atom stereocenters. The SMILES string of the molecule is COCC(C)N(N=O)c1ccccc1. The van der Waals surface area contributed by atoms with E-state index >= 15 is 0 Å². The Balaban J connectivity index is 2.76. The highest BCUT2D eigenvalue weighted by Crippen LogP contribution is 2.16. The Labute approximate surface area is 83.4 Å². The first-order valence-electron chi connectivity index (χ1n) is 4.46. The third kappa shape index (κ3) is 2.53. The predicted molar refractivity (Wildman–Crippen MR) is 56.1 cm³/mol. The van der Waals surface area contributed by atoms with E-state index in [4.69, 9.17) is 4.74 Å². The van der Waals surface area contributed by atoms with Crippen LogP contribution in [-0.4, -0.2) is 19.8 Å². The first kappa shape index (κ1) is 10.7. The minimum atomic E-state index is -0.0556. The van der Waals surface area contributed by atoms with Crippen molar-refractivity contribution >= 4 is 5.69 Å². The van der Waals surface area contributed by atoms with Crippen LogP contribution in [0.5, 0.6) is 0 Å². The zero-order valence-corrected chi connectivity index (χ0v) is 8.38. The first-order chi connectivity index (χ1) is 6.79. The number of anilines is 1. The van der Waals surface area contributed by atoms with Crippen molar-refractivity contribution in [1.29, 1.82) is 0 Å². The second-order valence-electron chi connectivity index (χ2n) is 3.07. The van der Waals surface area contributed by atoms with E-state index in [9.17, 15) is 4.91 Å². The van der Waals surface area contributed by atoms with Gasteiger partial charge < -0.3 is 4.74 Å². The first-order valence-corrected chi connectivity index (χ1v) is 4.46. The summed E-state index contributed by atoms with van der Waals surface area (Å²) in [5, 5.41) is 4.39. The van der Waals surface area contributed by atoms with Gasteiger partial charge in [0.25, 0.3) is 0 Å². The molecule has 0 aliphatic rings. The standard InChI is InChI=1S/C10H14N2O2/c1-9(8-14-2)12(11-13)10-6-4-3-5-7-10/h3-7,9H,8H2,1-2H3. The van der Waals surface area contributed by atoms with Crippen LogP contribution < -0.4 is 5.01 Å². The molecule has 0 N–H and O–H groups in total. The predicted octanol–water partition coefficient (Wildman–Crippen LogP) is 2.21. The Hall–Kier alpha value is -1.42. The van der Waals surface area contributed by atoms with Crippen LogP contribution in [0.1, 0.15) is 6.92 Å². The zero-order chi connectivity index (χ0) is 10.4. The Morgan fingerprint density at radius 1 is 1.43 bits per heavy atom. The molecular weight excluding hydrogens is 180 g/mol. The molecule has 4 heteroatoms. The van der Waals surface area contributed by atoms with Crippen LogP contribution in [0.2, 0.25) is 0 Å². The van der Waals surface area contributed by atoms with Crippen LogP contribution >= 0.6 is 0 Å². The summed E-state index contributed by atoms with van der Waals surface area (Å²) >= 11 is 0. The van der Waals surface area contributed by atoms with E-state index in [-0.39, 0.29) is 6.04 Å². The zero-order valence-electron chi connectivity index (χ0n) is 8.38. The number of benzene rings is 1. The van der Waals surface area contributed by atoms with E-state index in [0.29, 0.717) is 6.61 Å². The van der Waals surface area contributed by atoms with Gasteiger partial charge in [-0.1, -0.05) is 18.2 Å². The molecule has 0 saturated carbocycles. The summed E-state index contributed by atoms with van der Waals surface area (Å²) in [6.07, 6.45) is 0. The molecule has 1 atom stereocenters. The van der Waals surface area contributed by atoms with Crippen LogP contribution in [0.3, 0.4) is 0 Å². The van der Waals surface area contributed by atoms with Crippen molar-refractivity contribution in [3.63, 3.8) is 0 Å². The lowest BCUT2D eigenvalue weighted by atomic mass is 10.2. The van der Waals surface area contributed by atoms with Crippen LogP contribution in [0.25, 0.3) is 0 Å². The summed E-state index contributed by atoms with van der Waals surface area (Å²) < 4.78 is 4.97. The molecule has 0 aliphatic carbocycles. The Bertz CT molecular complexity index is 277. The quantitative estimate of drug-likeness (QED) is 0.533.